The zero-order chi connectivity index (χ0) is 26.6. The van der Waals surface area contributed by atoms with Gasteiger partial charge in [-0.3, -0.25) is 19.5 Å². The molecule has 2 aliphatic rings. The monoisotopic (exact) mass is 524 g/mol. The molecule has 1 saturated carbocycles. The Morgan fingerprint density at radius 3 is 2.64 bits per heavy atom. The highest BCUT2D eigenvalue weighted by molar-refractivity contribution is 6.03. The molecule has 1 fully saturated rings. The molecule has 0 bridgehead atoms. The van der Waals surface area contributed by atoms with Crippen LogP contribution in [0.25, 0.3) is 10.9 Å². The van der Waals surface area contributed by atoms with Gasteiger partial charge in [-0.1, -0.05) is 43.5 Å². The fourth-order valence-electron chi connectivity index (χ4n) is 5.63. The number of aromatic amines is 1. The van der Waals surface area contributed by atoms with Crippen LogP contribution in [0.4, 0.5) is 5.69 Å². The minimum absolute atomic E-state index is 0.0938. The number of para-hydroxylation sites is 1. The molecule has 2 amide bonds. The fraction of sp³-hybridized carbons (Fsp3) is 0.323. The van der Waals surface area contributed by atoms with Gasteiger partial charge in [0.05, 0.1) is 6.42 Å². The van der Waals surface area contributed by atoms with Crippen LogP contribution in [0.5, 0.6) is 11.5 Å². The molecule has 0 spiro atoms. The van der Waals surface area contributed by atoms with E-state index in [1.807, 2.05) is 42.6 Å². The Morgan fingerprint density at radius 1 is 1.00 bits per heavy atom. The Hall–Kier alpha value is -4.33. The zero-order valence-electron chi connectivity index (χ0n) is 21.8. The van der Waals surface area contributed by atoms with Gasteiger partial charge in [-0.05, 0) is 42.7 Å². The normalized spacial score (nSPS) is 16.0. The van der Waals surface area contributed by atoms with Crippen LogP contribution in [0.3, 0.4) is 0 Å². The molecule has 0 saturated heterocycles. The number of H-pyrrole nitrogens is 1. The summed E-state index contributed by atoms with van der Waals surface area (Å²) in [5, 5.41) is 4.23. The number of pyridine rings is 1. The standard InChI is InChI=1S/C31H32N4O4/c36-29(17-22-20-33-26-11-5-4-10-25(22)26)35(24-12-13-27-28(18-24)39-16-15-38-27)30(21-7-6-14-32-19-21)31(37)34-23-8-2-1-3-9-23/h4-7,10-14,18-20,23,30,33H,1-3,8-9,15-17H2,(H,34,37)/t30-/m0/s1. The van der Waals surface area contributed by atoms with E-state index in [0.29, 0.717) is 36.0 Å². The lowest BCUT2D eigenvalue weighted by atomic mass is 9.94. The minimum atomic E-state index is -0.902. The van der Waals surface area contributed by atoms with Gasteiger partial charge < -0.3 is 19.8 Å². The quantitative estimate of drug-likeness (QED) is 0.351. The summed E-state index contributed by atoms with van der Waals surface area (Å²) in [6, 6.07) is 16.1. The summed E-state index contributed by atoms with van der Waals surface area (Å²) >= 11 is 0. The minimum Gasteiger partial charge on any atom is -0.486 e. The smallest absolute Gasteiger partial charge is 0.248 e. The average Bonchev–Trinajstić information content (AvgIpc) is 3.39. The van der Waals surface area contributed by atoms with E-state index in [9.17, 15) is 9.59 Å². The van der Waals surface area contributed by atoms with Crippen LogP contribution in [0.15, 0.2) is 73.2 Å². The van der Waals surface area contributed by atoms with Gasteiger partial charge in [-0.25, -0.2) is 0 Å². The van der Waals surface area contributed by atoms with Crippen molar-refractivity contribution in [1.82, 2.24) is 15.3 Å². The molecule has 4 aromatic rings. The average molecular weight is 525 g/mol. The Balaban J connectivity index is 1.41. The second-order valence-corrected chi connectivity index (χ2v) is 10.2. The number of hydrogen-bond acceptors (Lipinski definition) is 5. The van der Waals surface area contributed by atoms with Crippen molar-refractivity contribution in [1.29, 1.82) is 0 Å². The number of rotatable bonds is 7. The first-order chi connectivity index (χ1) is 19.2. The highest BCUT2D eigenvalue weighted by atomic mass is 16.6. The number of carbonyl (C=O) groups excluding carboxylic acids is 2. The summed E-state index contributed by atoms with van der Waals surface area (Å²) in [7, 11) is 0. The van der Waals surface area contributed by atoms with Crippen LogP contribution < -0.4 is 19.7 Å². The topological polar surface area (TPSA) is 96.6 Å². The van der Waals surface area contributed by atoms with Gasteiger partial charge in [0.1, 0.15) is 19.3 Å². The Morgan fingerprint density at radius 2 is 1.82 bits per heavy atom. The second kappa shape index (κ2) is 11.2. The molecule has 1 aliphatic heterocycles. The first-order valence-electron chi connectivity index (χ1n) is 13.6. The first-order valence-corrected chi connectivity index (χ1v) is 13.6. The van der Waals surface area contributed by atoms with Crippen molar-refractivity contribution in [2.75, 3.05) is 18.1 Å². The Bertz CT molecular complexity index is 1460. The van der Waals surface area contributed by atoms with Crippen LogP contribution in [-0.2, 0) is 16.0 Å². The van der Waals surface area contributed by atoms with Crippen molar-refractivity contribution >= 4 is 28.4 Å². The van der Waals surface area contributed by atoms with Crippen molar-refractivity contribution in [3.63, 3.8) is 0 Å². The maximum atomic E-state index is 14.3. The Labute approximate surface area is 227 Å². The van der Waals surface area contributed by atoms with Crippen LogP contribution in [0.2, 0.25) is 0 Å². The van der Waals surface area contributed by atoms with E-state index < -0.39 is 6.04 Å². The van der Waals surface area contributed by atoms with Crippen LogP contribution >= 0.6 is 0 Å². The number of hydrogen-bond donors (Lipinski definition) is 2. The number of nitrogens with one attached hydrogen (secondary N) is 2. The van der Waals surface area contributed by atoms with Crippen LogP contribution in [0.1, 0.15) is 49.3 Å². The van der Waals surface area contributed by atoms with Gasteiger partial charge in [0.15, 0.2) is 11.5 Å². The summed E-state index contributed by atoms with van der Waals surface area (Å²) in [5.74, 6) is 0.765. The first kappa shape index (κ1) is 25.0. The summed E-state index contributed by atoms with van der Waals surface area (Å²) in [6.07, 6.45) is 10.6. The predicted octanol–water partition coefficient (Wildman–Crippen LogP) is 5.10. The molecular weight excluding hydrogens is 492 g/mol. The number of benzene rings is 2. The van der Waals surface area contributed by atoms with Crippen molar-refractivity contribution in [2.45, 2.75) is 50.6 Å². The van der Waals surface area contributed by atoms with Crippen molar-refractivity contribution < 1.29 is 19.1 Å². The van der Waals surface area contributed by atoms with Gasteiger partial charge in [0, 0.05) is 52.9 Å². The molecule has 1 atom stereocenters. The Kier molecular flexibility index (Phi) is 7.17. The van der Waals surface area contributed by atoms with E-state index in [-0.39, 0.29) is 24.3 Å². The van der Waals surface area contributed by atoms with Crippen molar-refractivity contribution in [3.05, 3.63) is 84.3 Å². The molecule has 39 heavy (non-hydrogen) atoms. The summed E-state index contributed by atoms with van der Waals surface area (Å²) in [6.45, 7) is 0.894. The van der Waals surface area contributed by atoms with Gasteiger partial charge >= 0.3 is 0 Å². The largest absolute Gasteiger partial charge is 0.486 e. The van der Waals surface area contributed by atoms with Gasteiger partial charge in [-0.2, -0.15) is 0 Å². The lowest BCUT2D eigenvalue weighted by molar-refractivity contribution is -0.127. The van der Waals surface area contributed by atoms with Gasteiger partial charge in [0.2, 0.25) is 11.8 Å². The summed E-state index contributed by atoms with van der Waals surface area (Å²) < 4.78 is 11.6. The molecular formula is C31H32N4O4. The van der Waals surface area contributed by atoms with E-state index >= 15 is 0 Å². The highest BCUT2D eigenvalue weighted by Crippen LogP contribution is 2.37. The molecule has 2 aromatic carbocycles. The SMILES string of the molecule is O=C(NC1CCCCC1)[C@H](c1cccnc1)N(C(=O)Cc1c[nH]c2ccccc12)c1ccc2c(c1)OCCO2. The van der Waals surface area contributed by atoms with E-state index in [1.54, 1.807) is 35.5 Å². The number of nitrogens with zero attached hydrogens (tertiary/aromatic N) is 2. The summed E-state index contributed by atoms with van der Waals surface area (Å²) in [4.78, 5) is 37.4. The maximum Gasteiger partial charge on any atom is 0.248 e. The number of ether oxygens (including phenoxy) is 2. The fourth-order valence-corrected chi connectivity index (χ4v) is 5.63. The van der Waals surface area contributed by atoms with Gasteiger partial charge in [0.25, 0.3) is 0 Å². The number of carbonyl (C=O) groups is 2. The third kappa shape index (κ3) is 5.32. The van der Waals surface area contributed by atoms with Gasteiger partial charge in [-0.15, -0.1) is 0 Å². The number of fused-ring (bicyclic) bond motifs is 2. The van der Waals surface area contributed by atoms with E-state index in [4.69, 9.17) is 9.47 Å². The predicted molar refractivity (Wildman–Crippen MR) is 149 cm³/mol. The van der Waals surface area contributed by atoms with Crippen LogP contribution in [-0.4, -0.2) is 41.0 Å². The zero-order valence-corrected chi connectivity index (χ0v) is 21.8. The maximum absolute atomic E-state index is 14.3. The third-order valence-corrected chi connectivity index (χ3v) is 7.55. The molecule has 3 heterocycles. The second-order valence-electron chi connectivity index (χ2n) is 10.2. The number of anilines is 1. The molecule has 1 aliphatic carbocycles. The van der Waals surface area contributed by atoms with Crippen molar-refractivity contribution in [2.24, 2.45) is 0 Å². The molecule has 0 unspecified atom stereocenters. The molecule has 2 N–H and O–H groups in total. The van der Waals surface area contributed by atoms with E-state index in [2.05, 4.69) is 15.3 Å². The number of amides is 2. The molecule has 8 nitrogen and oxygen atoms in total. The van der Waals surface area contributed by atoms with E-state index in [0.717, 1.165) is 42.1 Å². The lowest BCUT2D eigenvalue weighted by Crippen LogP contribution is -2.47. The molecule has 0 radical (unpaired) electrons. The molecule has 200 valence electrons. The van der Waals surface area contributed by atoms with Crippen molar-refractivity contribution in [3.8, 4) is 11.5 Å². The highest BCUT2D eigenvalue weighted by Gasteiger charge is 2.35. The number of aromatic nitrogens is 2. The van der Waals surface area contributed by atoms with Crippen LogP contribution in [0, 0.1) is 0 Å². The molecule has 6 rings (SSSR count). The third-order valence-electron chi connectivity index (χ3n) is 7.55. The molecule has 2 aromatic heterocycles. The summed E-state index contributed by atoms with van der Waals surface area (Å²) in [5.41, 5.74) is 3.05. The molecule has 8 heteroatoms. The van der Waals surface area contributed by atoms with E-state index in [1.165, 1.54) is 6.42 Å². The lowest BCUT2D eigenvalue weighted by Gasteiger charge is -2.34.